The van der Waals surface area contributed by atoms with Gasteiger partial charge in [-0.05, 0) is 42.9 Å². The van der Waals surface area contributed by atoms with Crippen molar-refractivity contribution in [2.45, 2.75) is 64.0 Å². The van der Waals surface area contributed by atoms with E-state index in [2.05, 4.69) is 35.1 Å². The van der Waals surface area contributed by atoms with Crippen LogP contribution in [0.4, 0.5) is 0 Å². The van der Waals surface area contributed by atoms with Crippen LogP contribution in [0.5, 0.6) is 0 Å². The maximum Gasteiger partial charge on any atom is 0.167 e. The lowest BCUT2D eigenvalue weighted by Gasteiger charge is -2.26. The predicted molar refractivity (Wildman–Crippen MR) is 87.7 cm³/mol. The van der Waals surface area contributed by atoms with Gasteiger partial charge in [0, 0.05) is 10.9 Å². The van der Waals surface area contributed by atoms with Crippen LogP contribution < -0.4 is 10.6 Å². The van der Waals surface area contributed by atoms with E-state index in [-0.39, 0.29) is 0 Å². The second-order valence-electron chi connectivity index (χ2n) is 5.31. The Bertz CT molecular complexity index is 370. The molecule has 0 aliphatic heterocycles. The first-order valence-corrected chi connectivity index (χ1v) is 8.69. The molecule has 1 aliphatic rings. The summed E-state index contributed by atoms with van der Waals surface area (Å²) < 4.78 is 0. The summed E-state index contributed by atoms with van der Waals surface area (Å²) in [5, 5.41) is 9.96. The van der Waals surface area contributed by atoms with Crippen molar-refractivity contribution in [1.82, 2.24) is 10.6 Å². The Morgan fingerprint density at radius 2 is 2.21 bits per heavy atom. The molecule has 106 valence electrons. The zero-order valence-electron chi connectivity index (χ0n) is 11.7. The maximum absolute atomic E-state index is 5.48. The van der Waals surface area contributed by atoms with Gasteiger partial charge in [-0.1, -0.05) is 38.7 Å². The molecule has 2 rings (SSSR count). The highest BCUT2D eigenvalue weighted by Crippen LogP contribution is 2.23. The summed E-state index contributed by atoms with van der Waals surface area (Å²) in [5.41, 5.74) is 0. The fourth-order valence-corrected chi connectivity index (χ4v) is 3.82. The van der Waals surface area contributed by atoms with Gasteiger partial charge >= 0.3 is 0 Å². The molecule has 0 bridgehead atoms. The molecule has 0 saturated heterocycles. The highest BCUT2D eigenvalue weighted by molar-refractivity contribution is 7.80. The standard InChI is InChI=1S/C15H24N2S2/c1-2-7-13(14-10-6-11-19-14)17-15(18)16-12-8-4-3-5-9-12/h6,10-13H,2-5,7-9H2,1H3,(H2,16,17,18). The van der Waals surface area contributed by atoms with Gasteiger partial charge in [-0.25, -0.2) is 0 Å². The molecule has 1 heterocycles. The van der Waals surface area contributed by atoms with Gasteiger partial charge in [-0.15, -0.1) is 11.3 Å². The molecule has 1 unspecified atom stereocenters. The van der Waals surface area contributed by atoms with Gasteiger partial charge in [0.15, 0.2) is 5.11 Å². The molecule has 19 heavy (non-hydrogen) atoms. The SMILES string of the molecule is CCCC(NC(=S)NC1CCCCC1)c1cccs1. The highest BCUT2D eigenvalue weighted by atomic mass is 32.1. The summed E-state index contributed by atoms with van der Waals surface area (Å²) >= 11 is 7.29. The van der Waals surface area contributed by atoms with Gasteiger partial charge in [-0.2, -0.15) is 0 Å². The van der Waals surface area contributed by atoms with E-state index in [1.807, 2.05) is 11.3 Å². The van der Waals surface area contributed by atoms with E-state index >= 15 is 0 Å². The second-order valence-corrected chi connectivity index (χ2v) is 6.70. The summed E-state index contributed by atoms with van der Waals surface area (Å²) in [5.74, 6) is 0. The fraction of sp³-hybridized carbons (Fsp3) is 0.667. The van der Waals surface area contributed by atoms with Crippen LogP contribution in [0.2, 0.25) is 0 Å². The van der Waals surface area contributed by atoms with E-state index in [1.165, 1.54) is 43.4 Å². The molecule has 1 fully saturated rings. The average Bonchev–Trinajstić information content (AvgIpc) is 2.93. The first-order valence-electron chi connectivity index (χ1n) is 7.40. The van der Waals surface area contributed by atoms with Gasteiger partial charge < -0.3 is 10.6 Å². The van der Waals surface area contributed by atoms with Crippen molar-refractivity contribution in [1.29, 1.82) is 0 Å². The third-order valence-electron chi connectivity index (χ3n) is 3.71. The second kappa shape index (κ2) is 7.85. The molecular formula is C15H24N2S2. The third-order valence-corrected chi connectivity index (χ3v) is 4.93. The van der Waals surface area contributed by atoms with E-state index in [4.69, 9.17) is 12.2 Å². The zero-order chi connectivity index (χ0) is 13.5. The lowest BCUT2D eigenvalue weighted by atomic mass is 9.96. The van der Waals surface area contributed by atoms with E-state index in [0.29, 0.717) is 12.1 Å². The van der Waals surface area contributed by atoms with Crippen LogP contribution in [0, 0.1) is 0 Å². The first kappa shape index (κ1) is 14.8. The van der Waals surface area contributed by atoms with Gasteiger partial charge in [0.25, 0.3) is 0 Å². The van der Waals surface area contributed by atoms with E-state index in [9.17, 15) is 0 Å². The van der Waals surface area contributed by atoms with Crippen LogP contribution in [0.15, 0.2) is 17.5 Å². The van der Waals surface area contributed by atoms with Gasteiger partial charge in [0.1, 0.15) is 0 Å². The Hall–Kier alpha value is -0.610. The highest BCUT2D eigenvalue weighted by Gasteiger charge is 2.17. The monoisotopic (exact) mass is 296 g/mol. The summed E-state index contributed by atoms with van der Waals surface area (Å²) in [6.07, 6.45) is 8.88. The van der Waals surface area contributed by atoms with Crippen molar-refractivity contribution in [2.24, 2.45) is 0 Å². The third kappa shape index (κ3) is 4.77. The number of nitrogens with one attached hydrogen (secondary N) is 2. The van der Waals surface area contributed by atoms with Crippen molar-refractivity contribution < 1.29 is 0 Å². The van der Waals surface area contributed by atoms with Crippen molar-refractivity contribution >= 4 is 28.7 Å². The van der Waals surface area contributed by atoms with Gasteiger partial charge in [-0.3, -0.25) is 0 Å². The molecule has 0 radical (unpaired) electrons. The van der Waals surface area contributed by atoms with Crippen LogP contribution in [0.25, 0.3) is 0 Å². The zero-order valence-corrected chi connectivity index (χ0v) is 13.3. The number of rotatable bonds is 5. The lowest BCUT2D eigenvalue weighted by molar-refractivity contribution is 0.409. The quantitative estimate of drug-likeness (QED) is 0.788. The molecule has 0 amide bonds. The van der Waals surface area contributed by atoms with Gasteiger partial charge in [0.2, 0.25) is 0 Å². The largest absolute Gasteiger partial charge is 0.360 e. The Kier molecular flexibility index (Phi) is 6.11. The van der Waals surface area contributed by atoms with Gasteiger partial charge in [0.05, 0.1) is 6.04 Å². The lowest BCUT2D eigenvalue weighted by Crippen LogP contribution is -2.43. The Balaban J connectivity index is 1.84. The Morgan fingerprint density at radius 3 is 2.84 bits per heavy atom. The van der Waals surface area contributed by atoms with Crippen LogP contribution in [0.1, 0.15) is 62.8 Å². The topological polar surface area (TPSA) is 24.1 Å². The Morgan fingerprint density at radius 1 is 1.42 bits per heavy atom. The molecule has 2 nitrogen and oxygen atoms in total. The minimum absolute atomic E-state index is 0.369. The van der Waals surface area contributed by atoms with Crippen molar-refractivity contribution in [3.8, 4) is 0 Å². The summed E-state index contributed by atoms with van der Waals surface area (Å²) in [6.45, 7) is 2.22. The molecule has 2 N–H and O–H groups in total. The van der Waals surface area contributed by atoms with Crippen LogP contribution in [-0.4, -0.2) is 11.2 Å². The smallest absolute Gasteiger partial charge is 0.167 e. The van der Waals surface area contributed by atoms with Crippen LogP contribution in [-0.2, 0) is 0 Å². The molecule has 1 aromatic heterocycles. The van der Waals surface area contributed by atoms with E-state index < -0.39 is 0 Å². The van der Waals surface area contributed by atoms with Crippen molar-refractivity contribution in [3.63, 3.8) is 0 Å². The number of thiophene rings is 1. The summed E-state index contributed by atoms with van der Waals surface area (Å²) in [7, 11) is 0. The molecule has 1 saturated carbocycles. The summed E-state index contributed by atoms with van der Waals surface area (Å²) in [4.78, 5) is 1.38. The molecule has 1 aliphatic carbocycles. The fourth-order valence-electron chi connectivity index (χ4n) is 2.70. The molecule has 4 heteroatoms. The van der Waals surface area contributed by atoms with Crippen molar-refractivity contribution in [2.75, 3.05) is 0 Å². The predicted octanol–water partition coefficient (Wildman–Crippen LogP) is 4.39. The average molecular weight is 297 g/mol. The minimum Gasteiger partial charge on any atom is -0.360 e. The molecule has 1 atom stereocenters. The number of thiocarbonyl (C=S) groups is 1. The minimum atomic E-state index is 0.369. The molecule has 0 spiro atoms. The van der Waals surface area contributed by atoms with Crippen LogP contribution >= 0.6 is 23.6 Å². The maximum atomic E-state index is 5.48. The van der Waals surface area contributed by atoms with Crippen molar-refractivity contribution in [3.05, 3.63) is 22.4 Å². The summed E-state index contributed by atoms with van der Waals surface area (Å²) in [6, 6.07) is 5.26. The van der Waals surface area contributed by atoms with E-state index in [0.717, 1.165) is 11.5 Å². The first-order chi connectivity index (χ1) is 9.29. The number of hydrogen-bond donors (Lipinski definition) is 2. The molecular weight excluding hydrogens is 272 g/mol. The normalized spacial score (nSPS) is 17.9. The van der Waals surface area contributed by atoms with E-state index in [1.54, 1.807) is 0 Å². The van der Waals surface area contributed by atoms with Crippen LogP contribution in [0.3, 0.4) is 0 Å². The Labute approximate surface area is 126 Å². The molecule has 1 aromatic rings. The number of hydrogen-bond acceptors (Lipinski definition) is 2. The molecule has 0 aromatic carbocycles.